The van der Waals surface area contributed by atoms with Gasteiger partial charge >= 0.3 is 0 Å². The van der Waals surface area contributed by atoms with Gasteiger partial charge in [-0.25, -0.2) is 19.9 Å². The van der Waals surface area contributed by atoms with Crippen LogP contribution in [-0.4, -0.2) is 57.9 Å². The van der Waals surface area contributed by atoms with Crippen molar-refractivity contribution >= 4 is 11.9 Å². The van der Waals surface area contributed by atoms with E-state index >= 15 is 0 Å². The number of rotatable bonds is 4. The highest BCUT2D eigenvalue weighted by Gasteiger charge is 2.22. The zero-order valence-corrected chi connectivity index (χ0v) is 14.1. The molecule has 1 aliphatic rings. The maximum absolute atomic E-state index is 12.0. The number of hydrogen-bond acceptors (Lipinski definition) is 6. The third-order valence-corrected chi connectivity index (χ3v) is 4.20. The third-order valence-electron chi connectivity index (χ3n) is 4.20. The summed E-state index contributed by atoms with van der Waals surface area (Å²) in [6.45, 7) is 1.89. The normalized spacial score (nSPS) is 17.6. The van der Waals surface area contributed by atoms with Crippen LogP contribution in [-0.2, 0) is 6.42 Å². The summed E-state index contributed by atoms with van der Waals surface area (Å²) in [6.07, 6.45) is 8.11. The molecule has 0 N–H and O–H groups in total. The average Bonchev–Trinajstić information content (AvgIpc) is 2.62. The van der Waals surface area contributed by atoms with Crippen molar-refractivity contribution in [1.82, 2.24) is 24.8 Å². The fraction of sp³-hybridized carbons (Fsp3) is 0.471. The van der Waals surface area contributed by atoms with Crippen LogP contribution in [0.2, 0.25) is 0 Å². The number of nitrogens with zero attached hydrogens (tertiary/aromatic N) is 6. The first-order valence-corrected chi connectivity index (χ1v) is 8.18. The topological polar surface area (TPSA) is 75.1 Å². The molecule has 1 unspecified atom stereocenters. The van der Waals surface area contributed by atoms with Gasteiger partial charge in [-0.1, -0.05) is 0 Å². The van der Waals surface area contributed by atoms with Gasteiger partial charge in [0.1, 0.15) is 12.0 Å². The SMILES string of the molecule is CN(C)C(=O)c1cc(CC2CCCN(c3ncccn3)C2)ncn1. The highest BCUT2D eigenvalue weighted by atomic mass is 16.2. The lowest BCUT2D eigenvalue weighted by molar-refractivity contribution is 0.0821. The molecule has 126 valence electrons. The van der Waals surface area contributed by atoms with Crippen LogP contribution in [0.4, 0.5) is 5.95 Å². The Morgan fingerprint density at radius 3 is 2.79 bits per heavy atom. The number of carbonyl (C=O) groups is 1. The maximum atomic E-state index is 12.0. The molecule has 0 bridgehead atoms. The van der Waals surface area contributed by atoms with E-state index in [0.717, 1.165) is 44.0 Å². The molecule has 1 amide bonds. The quantitative estimate of drug-likeness (QED) is 0.846. The van der Waals surface area contributed by atoms with Crippen molar-refractivity contribution in [3.8, 4) is 0 Å². The molecule has 2 aromatic rings. The zero-order valence-electron chi connectivity index (χ0n) is 14.1. The van der Waals surface area contributed by atoms with Gasteiger partial charge in [0.25, 0.3) is 5.91 Å². The van der Waals surface area contributed by atoms with Crippen molar-refractivity contribution in [1.29, 1.82) is 0 Å². The molecule has 3 rings (SSSR count). The number of amides is 1. The summed E-state index contributed by atoms with van der Waals surface area (Å²) in [5, 5.41) is 0. The van der Waals surface area contributed by atoms with Crippen molar-refractivity contribution in [2.75, 3.05) is 32.1 Å². The van der Waals surface area contributed by atoms with E-state index in [-0.39, 0.29) is 5.91 Å². The Labute approximate surface area is 141 Å². The molecule has 24 heavy (non-hydrogen) atoms. The molecule has 0 spiro atoms. The van der Waals surface area contributed by atoms with Crippen molar-refractivity contribution in [2.24, 2.45) is 5.92 Å². The minimum atomic E-state index is -0.0957. The van der Waals surface area contributed by atoms with Crippen LogP contribution in [0.1, 0.15) is 29.0 Å². The van der Waals surface area contributed by atoms with Gasteiger partial charge in [0.05, 0.1) is 0 Å². The molecule has 1 aliphatic heterocycles. The summed E-state index contributed by atoms with van der Waals surface area (Å²) in [7, 11) is 3.45. The second kappa shape index (κ2) is 7.33. The molecule has 7 nitrogen and oxygen atoms in total. The predicted octanol–water partition coefficient (Wildman–Crippen LogP) is 1.43. The number of aromatic nitrogens is 4. The molecule has 7 heteroatoms. The van der Waals surface area contributed by atoms with Crippen LogP contribution >= 0.6 is 0 Å². The van der Waals surface area contributed by atoms with Crippen molar-refractivity contribution in [3.05, 3.63) is 42.2 Å². The summed E-state index contributed by atoms with van der Waals surface area (Å²) in [5.41, 5.74) is 1.36. The minimum Gasteiger partial charge on any atom is -0.343 e. The van der Waals surface area contributed by atoms with Gasteiger partial charge < -0.3 is 9.80 Å². The number of carbonyl (C=O) groups excluding carboxylic acids is 1. The maximum Gasteiger partial charge on any atom is 0.272 e. The van der Waals surface area contributed by atoms with Gasteiger partial charge in [0, 0.05) is 45.3 Å². The molecular formula is C17H22N6O. The van der Waals surface area contributed by atoms with E-state index in [4.69, 9.17) is 0 Å². The number of hydrogen-bond donors (Lipinski definition) is 0. The molecule has 1 saturated heterocycles. The Morgan fingerprint density at radius 2 is 2.04 bits per heavy atom. The van der Waals surface area contributed by atoms with Crippen LogP contribution < -0.4 is 4.90 Å². The van der Waals surface area contributed by atoms with E-state index in [0.29, 0.717) is 11.6 Å². The number of piperidine rings is 1. The van der Waals surface area contributed by atoms with Gasteiger partial charge in [-0.15, -0.1) is 0 Å². The van der Waals surface area contributed by atoms with E-state index in [1.54, 1.807) is 32.6 Å². The molecule has 2 aromatic heterocycles. The summed E-state index contributed by atoms with van der Waals surface area (Å²) in [5.74, 6) is 1.16. The summed E-state index contributed by atoms with van der Waals surface area (Å²) < 4.78 is 0. The van der Waals surface area contributed by atoms with Gasteiger partial charge in [-0.2, -0.15) is 0 Å². The smallest absolute Gasteiger partial charge is 0.272 e. The predicted molar refractivity (Wildman–Crippen MR) is 90.7 cm³/mol. The first-order chi connectivity index (χ1) is 11.6. The largest absolute Gasteiger partial charge is 0.343 e. The molecule has 0 saturated carbocycles. The Bertz CT molecular complexity index is 690. The first-order valence-electron chi connectivity index (χ1n) is 8.18. The Balaban J connectivity index is 1.67. The van der Waals surface area contributed by atoms with Crippen LogP contribution in [0.3, 0.4) is 0 Å². The Hall–Kier alpha value is -2.57. The van der Waals surface area contributed by atoms with Gasteiger partial charge in [0.2, 0.25) is 5.95 Å². The molecule has 0 aliphatic carbocycles. The lowest BCUT2D eigenvalue weighted by Crippen LogP contribution is -2.37. The molecular weight excluding hydrogens is 304 g/mol. The number of anilines is 1. The summed E-state index contributed by atoms with van der Waals surface area (Å²) in [4.78, 5) is 32.9. The van der Waals surface area contributed by atoms with E-state index in [1.807, 2.05) is 6.07 Å². The van der Waals surface area contributed by atoms with E-state index < -0.39 is 0 Å². The lowest BCUT2D eigenvalue weighted by Gasteiger charge is -2.32. The fourth-order valence-corrected chi connectivity index (χ4v) is 3.02. The van der Waals surface area contributed by atoms with Crippen molar-refractivity contribution in [2.45, 2.75) is 19.3 Å². The zero-order chi connectivity index (χ0) is 16.9. The van der Waals surface area contributed by atoms with E-state index in [1.165, 1.54) is 11.2 Å². The first kappa shape index (κ1) is 16.3. The molecule has 3 heterocycles. The monoisotopic (exact) mass is 326 g/mol. The van der Waals surface area contributed by atoms with Crippen molar-refractivity contribution < 1.29 is 4.79 Å². The average molecular weight is 326 g/mol. The third kappa shape index (κ3) is 3.84. The second-order valence-electron chi connectivity index (χ2n) is 6.30. The Morgan fingerprint density at radius 1 is 1.25 bits per heavy atom. The molecule has 1 atom stereocenters. The van der Waals surface area contributed by atoms with Crippen molar-refractivity contribution in [3.63, 3.8) is 0 Å². The van der Waals surface area contributed by atoms with Crippen LogP contribution in [0.5, 0.6) is 0 Å². The molecule has 0 radical (unpaired) electrons. The summed E-state index contributed by atoms with van der Waals surface area (Å²) >= 11 is 0. The minimum absolute atomic E-state index is 0.0957. The van der Waals surface area contributed by atoms with E-state index in [9.17, 15) is 4.79 Å². The summed E-state index contributed by atoms with van der Waals surface area (Å²) in [6, 6.07) is 3.63. The highest BCUT2D eigenvalue weighted by molar-refractivity contribution is 5.91. The Kier molecular flexibility index (Phi) is 4.98. The molecule has 1 fully saturated rings. The van der Waals surface area contributed by atoms with Gasteiger partial charge in [-0.05, 0) is 37.3 Å². The van der Waals surface area contributed by atoms with Gasteiger partial charge in [0.15, 0.2) is 0 Å². The van der Waals surface area contributed by atoms with Gasteiger partial charge in [-0.3, -0.25) is 4.79 Å². The molecule has 0 aromatic carbocycles. The lowest BCUT2D eigenvalue weighted by atomic mass is 9.93. The highest BCUT2D eigenvalue weighted by Crippen LogP contribution is 2.22. The fourth-order valence-electron chi connectivity index (χ4n) is 3.02. The van der Waals surface area contributed by atoms with Crippen LogP contribution in [0.25, 0.3) is 0 Å². The standard InChI is InChI=1S/C17H22N6O/c1-22(2)16(24)15-10-14(20-12-21-15)9-13-5-3-8-23(11-13)17-18-6-4-7-19-17/h4,6-7,10,12-13H,3,5,8-9,11H2,1-2H3. The van der Waals surface area contributed by atoms with E-state index in [2.05, 4.69) is 24.8 Å². The second-order valence-corrected chi connectivity index (χ2v) is 6.30. The van der Waals surface area contributed by atoms with Crippen LogP contribution in [0.15, 0.2) is 30.9 Å². The van der Waals surface area contributed by atoms with Crippen LogP contribution in [0, 0.1) is 5.92 Å².